The van der Waals surface area contributed by atoms with E-state index in [2.05, 4.69) is 46.2 Å². The van der Waals surface area contributed by atoms with E-state index in [1.807, 2.05) is 0 Å². The Kier molecular flexibility index (Phi) is 6.62. The lowest BCUT2D eigenvalue weighted by Gasteiger charge is -2.08. The summed E-state index contributed by atoms with van der Waals surface area (Å²) >= 11 is 1.78. The lowest BCUT2D eigenvalue weighted by molar-refractivity contribution is 0.0956. The normalized spacial score (nSPS) is 13.8. The van der Waals surface area contributed by atoms with Gasteiger partial charge < -0.3 is 10.6 Å². The number of benzene rings is 3. The number of thioether (sulfide) groups is 1. The number of nitrogens with zero attached hydrogens (tertiary/aromatic N) is 1. The van der Waals surface area contributed by atoms with Crippen LogP contribution in [0, 0.1) is 6.92 Å². The predicted molar refractivity (Wildman–Crippen MR) is 130 cm³/mol. The fourth-order valence-corrected chi connectivity index (χ4v) is 5.25. The average Bonchev–Trinajstić information content (AvgIpc) is 3.05. The second kappa shape index (κ2) is 9.58. The Morgan fingerprint density at radius 3 is 2.44 bits per heavy atom. The standard InChI is InChI=1S/C24H23N3O3S2/c1-17-6-8-18(9-7-17)16-31-15-14-25-24(28)19-10-12-20(13-11-19)26-23-21-4-2-3-5-22(21)32(29,30)27-23/h2-13H,14-16H2,1H3,(H,25,28)(H,26,27). The summed E-state index contributed by atoms with van der Waals surface area (Å²) in [6, 6.07) is 22.0. The molecule has 1 heterocycles. The van der Waals surface area contributed by atoms with Crippen molar-refractivity contribution >= 4 is 39.2 Å². The molecule has 6 nitrogen and oxygen atoms in total. The smallest absolute Gasteiger partial charge is 0.285 e. The van der Waals surface area contributed by atoms with Crippen molar-refractivity contribution in [3.8, 4) is 0 Å². The van der Waals surface area contributed by atoms with E-state index in [4.69, 9.17) is 0 Å². The van der Waals surface area contributed by atoms with Gasteiger partial charge in [-0.25, -0.2) is 0 Å². The zero-order chi connectivity index (χ0) is 22.6. The fourth-order valence-electron chi connectivity index (χ4n) is 3.25. The highest BCUT2D eigenvalue weighted by atomic mass is 32.2. The molecule has 0 saturated heterocycles. The summed E-state index contributed by atoms with van der Waals surface area (Å²) in [6.45, 7) is 2.65. The van der Waals surface area contributed by atoms with Gasteiger partial charge in [0.2, 0.25) is 0 Å². The zero-order valence-corrected chi connectivity index (χ0v) is 19.2. The van der Waals surface area contributed by atoms with E-state index in [9.17, 15) is 13.2 Å². The number of amides is 1. The summed E-state index contributed by atoms with van der Waals surface area (Å²) in [5.41, 5.74) is 4.26. The number of sulfonamides is 1. The monoisotopic (exact) mass is 465 g/mol. The van der Waals surface area contributed by atoms with Gasteiger partial charge in [-0.3, -0.25) is 4.79 Å². The fraction of sp³-hybridized carbons (Fsp3) is 0.167. The van der Waals surface area contributed by atoms with Crippen molar-refractivity contribution in [2.45, 2.75) is 17.6 Å². The second-order valence-electron chi connectivity index (χ2n) is 7.41. The lowest BCUT2D eigenvalue weighted by atomic mass is 10.1. The van der Waals surface area contributed by atoms with Gasteiger partial charge in [-0.2, -0.15) is 20.2 Å². The van der Waals surface area contributed by atoms with Gasteiger partial charge in [-0.1, -0.05) is 42.0 Å². The molecule has 0 fully saturated rings. The van der Waals surface area contributed by atoms with Gasteiger partial charge in [0.15, 0.2) is 5.84 Å². The van der Waals surface area contributed by atoms with Crippen molar-refractivity contribution in [2.24, 2.45) is 4.40 Å². The molecular formula is C24H23N3O3S2. The summed E-state index contributed by atoms with van der Waals surface area (Å²) in [5, 5.41) is 5.96. The number of aryl methyl sites for hydroxylation is 1. The van der Waals surface area contributed by atoms with Crippen molar-refractivity contribution in [1.29, 1.82) is 0 Å². The van der Waals surface area contributed by atoms with E-state index >= 15 is 0 Å². The molecule has 0 aliphatic carbocycles. The Morgan fingerprint density at radius 1 is 0.969 bits per heavy atom. The number of rotatable bonds is 7. The van der Waals surface area contributed by atoms with Crippen LogP contribution in [0.15, 0.2) is 82.1 Å². The molecule has 32 heavy (non-hydrogen) atoms. The molecule has 0 saturated carbocycles. The topological polar surface area (TPSA) is 87.6 Å². The van der Waals surface area contributed by atoms with Crippen LogP contribution in [0.25, 0.3) is 0 Å². The van der Waals surface area contributed by atoms with E-state index in [0.717, 1.165) is 11.5 Å². The maximum atomic E-state index is 12.4. The minimum Gasteiger partial charge on any atom is -0.351 e. The van der Waals surface area contributed by atoms with Crippen LogP contribution >= 0.6 is 11.8 Å². The first-order chi connectivity index (χ1) is 15.4. The van der Waals surface area contributed by atoms with E-state index in [-0.39, 0.29) is 16.6 Å². The number of carbonyl (C=O) groups is 1. The zero-order valence-electron chi connectivity index (χ0n) is 17.5. The van der Waals surface area contributed by atoms with Crippen LogP contribution in [0.3, 0.4) is 0 Å². The molecule has 3 aromatic rings. The van der Waals surface area contributed by atoms with Crippen molar-refractivity contribution in [2.75, 3.05) is 17.6 Å². The molecule has 1 aliphatic heterocycles. The maximum absolute atomic E-state index is 12.4. The largest absolute Gasteiger partial charge is 0.351 e. The summed E-state index contributed by atoms with van der Waals surface area (Å²) in [7, 11) is -3.67. The number of anilines is 1. The Hall–Kier alpha value is -3.10. The minimum absolute atomic E-state index is 0.140. The Balaban J connectivity index is 1.27. The third kappa shape index (κ3) is 5.20. The number of amidine groups is 1. The predicted octanol–water partition coefficient (Wildman–Crippen LogP) is 4.22. The molecule has 3 aromatic carbocycles. The summed E-state index contributed by atoms with van der Waals surface area (Å²) < 4.78 is 28.1. The molecule has 1 aliphatic rings. The molecule has 0 spiro atoms. The quantitative estimate of drug-likeness (QED) is 0.510. The van der Waals surface area contributed by atoms with Gasteiger partial charge in [0.25, 0.3) is 15.9 Å². The summed E-state index contributed by atoms with van der Waals surface area (Å²) in [5.74, 6) is 1.88. The highest BCUT2D eigenvalue weighted by molar-refractivity contribution is 7.98. The first kappa shape index (κ1) is 22.1. The summed E-state index contributed by atoms with van der Waals surface area (Å²) in [6.07, 6.45) is 0. The van der Waals surface area contributed by atoms with Gasteiger partial charge in [-0.15, -0.1) is 4.40 Å². The van der Waals surface area contributed by atoms with Crippen molar-refractivity contribution < 1.29 is 13.2 Å². The Bertz CT molecular complexity index is 1250. The van der Waals surface area contributed by atoms with Crippen LogP contribution < -0.4 is 10.6 Å². The Morgan fingerprint density at radius 2 is 1.69 bits per heavy atom. The van der Waals surface area contributed by atoms with Crippen molar-refractivity contribution in [3.05, 3.63) is 95.1 Å². The van der Waals surface area contributed by atoms with Crippen LogP contribution in [0.5, 0.6) is 0 Å². The molecule has 8 heteroatoms. The molecule has 2 N–H and O–H groups in total. The first-order valence-corrected chi connectivity index (χ1v) is 12.7. The van der Waals surface area contributed by atoms with E-state index in [1.165, 1.54) is 17.2 Å². The molecule has 4 rings (SSSR count). The number of hydrogen-bond donors (Lipinski definition) is 2. The third-order valence-electron chi connectivity index (χ3n) is 4.96. The van der Waals surface area contributed by atoms with Crippen molar-refractivity contribution in [3.63, 3.8) is 0 Å². The van der Waals surface area contributed by atoms with Gasteiger partial charge in [0.05, 0.1) is 0 Å². The first-order valence-electron chi connectivity index (χ1n) is 10.2. The highest BCUT2D eigenvalue weighted by Crippen LogP contribution is 2.26. The second-order valence-corrected chi connectivity index (χ2v) is 10.1. The number of nitrogens with one attached hydrogen (secondary N) is 2. The number of fused-ring (bicyclic) bond motifs is 1. The van der Waals surface area contributed by atoms with Gasteiger partial charge in [-0.05, 0) is 48.9 Å². The molecule has 0 unspecified atom stereocenters. The van der Waals surface area contributed by atoms with Crippen molar-refractivity contribution in [1.82, 2.24) is 5.32 Å². The SMILES string of the molecule is Cc1ccc(CSCCNC(=O)c2ccc(NC3=NS(=O)(=O)c4ccccc43)cc2)cc1. The summed E-state index contributed by atoms with van der Waals surface area (Å²) in [4.78, 5) is 12.6. The van der Waals surface area contributed by atoms with Crippen LogP contribution in [0.2, 0.25) is 0 Å². The van der Waals surface area contributed by atoms with Crippen LogP contribution in [-0.4, -0.2) is 32.5 Å². The number of carbonyl (C=O) groups excluding carboxylic acids is 1. The van der Waals surface area contributed by atoms with Crippen LogP contribution in [0.1, 0.15) is 27.0 Å². The van der Waals surface area contributed by atoms with Crippen LogP contribution in [0.4, 0.5) is 5.69 Å². The lowest BCUT2D eigenvalue weighted by Crippen LogP contribution is -2.25. The maximum Gasteiger partial charge on any atom is 0.285 e. The van der Waals surface area contributed by atoms with Crippen LogP contribution in [-0.2, 0) is 15.8 Å². The van der Waals surface area contributed by atoms with Gasteiger partial charge >= 0.3 is 0 Å². The van der Waals surface area contributed by atoms with E-state index in [1.54, 1.807) is 54.2 Å². The third-order valence-corrected chi connectivity index (χ3v) is 7.33. The number of hydrogen-bond acceptors (Lipinski definition) is 5. The van der Waals surface area contributed by atoms with E-state index in [0.29, 0.717) is 23.4 Å². The Labute approximate surface area is 192 Å². The molecular weight excluding hydrogens is 442 g/mol. The highest BCUT2D eigenvalue weighted by Gasteiger charge is 2.28. The van der Waals surface area contributed by atoms with Gasteiger partial charge in [0, 0.05) is 34.9 Å². The minimum atomic E-state index is -3.67. The van der Waals surface area contributed by atoms with E-state index < -0.39 is 10.0 Å². The molecule has 0 atom stereocenters. The molecule has 0 radical (unpaired) electrons. The molecule has 164 valence electrons. The average molecular weight is 466 g/mol. The van der Waals surface area contributed by atoms with Gasteiger partial charge in [0.1, 0.15) is 4.90 Å². The molecule has 0 aromatic heterocycles. The molecule has 1 amide bonds. The molecule has 0 bridgehead atoms.